The van der Waals surface area contributed by atoms with Crippen LogP contribution in [0, 0.1) is 0 Å². The summed E-state index contributed by atoms with van der Waals surface area (Å²) in [7, 11) is 0. The van der Waals surface area contributed by atoms with Crippen molar-refractivity contribution in [2.75, 3.05) is 16.4 Å². The number of amides is 2. The number of anilines is 3. The van der Waals surface area contributed by atoms with Crippen molar-refractivity contribution in [2.24, 2.45) is 0 Å². The summed E-state index contributed by atoms with van der Waals surface area (Å²) in [5, 5.41) is 5.12. The molecule has 0 saturated heterocycles. The van der Waals surface area contributed by atoms with Gasteiger partial charge in [-0.3, -0.25) is 4.79 Å². The van der Waals surface area contributed by atoms with Crippen LogP contribution < -0.4 is 21.8 Å². The summed E-state index contributed by atoms with van der Waals surface area (Å²) in [4.78, 5) is 32.4. The maximum Gasteiger partial charge on any atom is 0.416 e. The van der Waals surface area contributed by atoms with Gasteiger partial charge in [0.15, 0.2) is 11.1 Å². The highest BCUT2D eigenvalue weighted by molar-refractivity contribution is 9.10. The fourth-order valence-corrected chi connectivity index (χ4v) is 3.63. The maximum atomic E-state index is 13.0. The maximum absolute atomic E-state index is 13.0. The number of hydrogen-bond acceptors (Lipinski definition) is 5. The molecule has 0 saturated carbocycles. The Hall–Kier alpha value is -3.93. The lowest BCUT2D eigenvalue weighted by molar-refractivity contribution is -0.137. The van der Waals surface area contributed by atoms with Crippen molar-refractivity contribution < 1.29 is 18.0 Å². The molecule has 0 unspecified atom stereocenters. The number of nitrogens with one attached hydrogen (secondary N) is 2. The van der Waals surface area contributed by atoms with Crippen molar-refractivity contribution in [1.29, 1.82) is 0 Å². The molecule has 0 aliphatic rings. The molecule has 33 heavy (non-hydrogen) atoms. The minimum Gasteiger partial charge on any atom is -0.383 e. The molecule has 12 heteroatoms. The first kappa shape index (κ1) is 22.3. The van der Waals surface area contributed by atoms with E-state index in [4.69, 9.17) is 5.73 Å². The van der Waals surface area contributed by atoms with Gasteiger partial charge in [0, 0.05) is 33.8 Å². The number of carbonyl (C=O) groups excluding carboxylic acids is 1. The summed E-state index contributed by atoms with van der Waals surface area (Å²) in [6.07, 6.45) is -1.76. The molecule has 0 radical (unpaired) electrons. The summed E-state index contributed by atoms with van der Waals surface area (Å²) in [6, 6.07) is 10.2. The third kappa shape index (κ3) is 4.80. The van der Waals surface area contributed by atoms with Crippen LogP contribution in [0.15, 0.2) is 70.3 Å². The van der Waals surface area contributed by atoms with E-state index in [2.05, 4.69) is 36.5 Å². The van der Waals surface area contributed by atoms with E-state index in [1.165, 1.54) is 24.7 Å². The van der Waals surface area contributed by atoms with Crippen LogP contribution in [0.5, 0.6) is 0 Å². The van der Waals surface area contributed by atoms with E-state index in [9.17, 15) is 22.8 Å². The molecular formula is C21H14BrF3N6O2. The summed E-state index contributed by atoms with van der Waals surface area (Å²) in [6.45, 7) is 0. The minimum atomic E-state index is -4.55. The molecule has 4 aromatic rings. The summed E-state index contributed by atoms with van der Waals surface area (Å²) in [5.41, 5.74) is 5.92. The van der Waals surface area contributed by atoms with Gasteiger partial charge in [-0.15, -0.1) is 0 Å². The zero-order chi connectivity index (χ0) is 23.8. The Labute approximate surface area is 192 Å². The second-order valence-electron chi connectivity index (χ2n) is 6.86. The van der Waals surface area contributed by atoms with Gasteiger partial charge in [-0.2, -0.15) is 13.2 Å². The van der Waals surface area contributed by atoms with E-state index in [0.29, 0.717) is 17.0 Å². The second kappa shape index (κ2) is 8.54. The van der Waals surface area contributed by atoms with Gasteiger partial charge in [0.1, 0.15) is 17.5 Å². The number of nitrogens with zero attached hydrogens (tertiary/aromatic N) is 3. The highest BCUT2D eigenvalue weighted by Gasteiger charge is 2.31. The number of urea groups is 1. The van der Waals surface area contributed by atoms with Crippen LogP contribution in [0.4, 0.5) is 35.2 Å². The first-order valence-electron chi connectivity index (χ1n) is 9.30. The highest BCUT2D eigenvalue weighted by Crippen LogP contribution is 2.33. The summed E-state index contributed by atoms with van der Waals surface area (Å²) in [5.74, 6) is 0.0653. The molecule has 168 valence electrons. The normalized spacial score (nSPS) is 11.4. The average molecular weight is 519 g/mol. The van der Waals surface area contributed by atoms with E-state index in [-0.39, 0.29) is 26.8 Å². The van der Waals surface area contributed by atoms with E-state index < -0.39 is 17.8 Å². The number of nitrogen functional groups attached to an aromatic ring is 1. The number of hydrogen-bond donors (Lipinski definition) is 3. The van der Waals surface area contributed by atoms with Gasteiger partial charge in [-0.05, 0) is 42.5 Å². The number of nitrogens with two attached hydrogens (primary N) is 1. The first-order valence-corrected chi connectivity index (χ1v) is 10.1. The molecule has 2 aromatic heterocycles. The fourth-order valence-electron chi connectivity index (χ4n) is 3.14. The lowest BCUT2D eigenvalue weighted by Gasteiger charge is -2.13. The molecule has 0 aliphatic carbocycles. The third-order valence-electron chi connectivity index (χ3n) is 4.59. The van der Waals surface area contributed by atoms with Crippen LogP contribution >= 0.6 is 15.9 Å². The van der Waals surface area contributed by atoms with Crippen molar-refractivity contribution >= 4 is 50.2 Å². The van der Waals surface area contributed by atoms with Crippen LogP contribution in [0.1, 0.15) is 5.56 Å². The van der Waals surface area contributed by atoms with Gasteiger partial charge in [0.25, 0.3) is 0 Å². The van der Waals surface area contributed by atoms with Gasteiger partial charge < -0.3 is 20.9 Å². The third-order valence-corrected chi connectivity index (χ3v) is 5.05. The van der Waals surface area contributed by atoms with Crippen LogP contribution in [-0.2, 0) is 6.18 Å². The van der Waals surface area contributed by atoms with Crippen molar-refractivity contribution in [3.63, 3.8) is 0 Å². The van der Waals surface area contributed by atoms with Gasteiger partial charge in [-0.25, -0.2) is 14.8 Å². The SMILES string of the molecule is Nc1ncnc2c1c(=O)ccn2-c1ccc(NC(=O)Nc2cc(Br)cc(C(F)(F)F)c2)cc1. The number of aromatic nitrogens is 3. The smallest absolute Gasteiger partial charge is 0.383 e. The van der Waals surface area contributed by atoms with Crippen molar-refractivity contribution in [2.45, 2.75) is 6.18 Å². The molecule has 0 bridgehead atoms. The van der Waals surface area contributed by atoms with Crippen molar-refractivity contribution in [1.82, 2.24) is 14.5 Å². The average Bonchev–Trinajstić information content (AvgIpc) is 2.74. The van der Waals surface area contributed by atoms with Crippen LogP contribution in [0.25, 0.3) is 16.7 Å². The Morgan fingerprint density at radius 2 is 1.70 bits per heavy atom. The Morgan fingerprint density at radius 3 is 2.39 bits per heavy atom. The van der Waals surface area contributed by atoms with Gasteiger partial charge in [0.05, 0.1) is 5.56 Å². The zero-order valence-electron chi connectivity index (χ0n) is 16.5. The molecule has 0 aliphatic heterocycles. The van der Waals surface area contributed by atoms with Gasteiger partial charge >= 0.3 is 12.2 Å². The minimum absolute atomic E-state index is 0.0252. The monoisotopic (exact) mass is 518 g/mol. The number of carbonyl (C=O) groups is 1. The van der Waals surface area contributed by atoms with Crippen LogP contribution in [0.2, 0.25) is 0 Å². The highest BCUT2D eigenvalue weighted by atomic mass is 79.9. The number of pyridine rings is 1. The number of fused-ring (bicyclic) bond motifs is 1. The van der Waals surface area contributed by atoms with E-state index in [1.807, 2.05) is 0 Å². The fraction of sp³-hybridized carbons (Fsp3) is 0.0476. The molecule has 8 nitrogen and oxygen atoms in total. The first-order chi connectivity index (χ1) is 15.6. The number of benzene rings is 2. The van der Waals surface area contributed by atoms with E-state index in [1.54, 1.807) is 28.8 Å². The zero-order valence-corrected chi connectivity index (χ0v) is 18.1. The molecule has 0 spiro atoms. The quantitative estimate of drug-likeness (QED) is 0.360. The summed E-state index contributed by atoms with van der Waals surface area (Å²) < 4.78 is 40.7. The van der Waals surface area contributed by atoms with Crippen molar-refractivity contribution in [3.05, 3.63) is 81.3 Å². The van der Waals surface area contributed by atoms with Crippen LogP contribution in [0.3, 0.4) is 0 Å². The second-order valence-corrected chi connectivity index (χ2v) is 7.78. The van der Waals surface area contributed by atoms with Crippen molar-refractivity contribution in [3.8, 4) is 5.69 Å². The predicted molar refractivity (Wildman–Crippen MR) is 121 cm³/mol. The van der Waals surface area contributed by atoms with Crippen LogP contribution in [-0.4, -0.2) is 20.6 Å². The lowest BCUT2D eigenvalue weighted by atomic mass is 10.2. The molecule has 0 fully saturated rings. The Bertz CT molecular complexity index is 1420. The topological polar surface area (TPSA) is 115 Å². The van der Waals surface area contributed by atoms with Gasteiger partial charge in [-0.1, -0.05) is 15.9 Å². The van der Waals surface area contributed by atoms with E-state index >= 15 is 0 Å². The molecule has 0 atom stereocenters. The predicted octanol–water partition coefficient (Wildman–Crippen LogP) is 4.79. The van der Waals surface area contributed by atoms with Gasteiger partial charge in [0.2, 0.25) is 0 Å². The molecule has 4 rings (SSSR count). The van der Waals surface area contributed by atoms with E-state index in [0.717, 1.165) is 12.1 Å². The Morgan fingerprint density at radius 1 is 1.00 bits per heavy atom. The molecule has 2 aromatic carbocycles. The summed E-state index contributed by atoms with van der Waals surface area (Å²) >= 11 is 3.01. The molecule has 2 heterocycles. The Balaban J connectivity index is 1.54. The number of rotatable bonds is 3. The molecule has 4 N–H and O–H groups in total. The standard InChI is InChI=1S/C21H14BrF3N6O2/c22-12-7-11(21(23,24)25)8-14(9-12)30-20(33)29-13-1-3-15(4-2-13)31-6-5-16(32)17-18(26)27-10-28-19(17)31/h1-10H,(H2,26,27,28)(H2,29,30,33). The lowest BCUT2D eigenvalue weighted by Crippen LogP contribution is -2.20. The largest absolute Gasteiger partial charge is 0.416 e. The number of alkyl halides is 3. The molecular weight excluding hydrogens is 505 g/mol. The number of halogens is 4. The molecule has 2 amide bonds. The Kier molecular flexibility index (Phi) is 5.77.